The first-order chi connectivity index (χ1) is 6.77. The quantitative estimate of drug-likeness (QED) is 0.916. The molecule has 0 aliphatic carbocycles. The average Bonchev–Trinajstić information content (AvgIpc) is 2.72. The van der Waals surface area contributed by atoms with E-state index >= 15 is 0 Å². The third-order valence-electron chi connectivity index (χ3n) is 2.62. The highest BCUT2D eigenvalue weighted by Crippen LogP contribution is 2.23. The van der Waals surface area contributed by atoms with Crippen LogP contribution in [-0.2, 0) is 11.3 Å². The normalized spacial score (nSPS) is 27.0. The third-order valence-corrected chi connectivity index (χ3v) is 4.44. The fourth-order valence-electron chi connectivity index (χ4n) is 1.69. The molecule has 2 atom stereocenters. The minimum atomic E-state index is 0.354. The summed E-state index contributed by atoms with van der Waals surface area (Å²) in [6.45, 7) is 3.96. The molecule has 1 aliphatic heterocycles. The van der Waals surface area contributed by atoms with E-state index in [2.05, 4.69) is 39.6 Å². The molecule has 2 nitrogen and oxygen atoms in total. The summed E-state index contributed by atoms with van der Waals surface area (Å²) in [5.41, 5.74) is 1.34. The Labute approximate surface area is 96.8 Å². The van der Waals surface area contributed by atoms with Crippen LogP contribution in [-0.4, -0.2) is 18.8 Å². The lowest BCUT2D eigenvalue weighted by Crippen LogP contribution is -2.34. The minimum absolute atomic E-state index is 0.354. The number of hydrogen-bond donors (Lipinski definition) is 1. The van der Waals surface area contributed by atoms with E-state index in [-0.39, 0.29) is 0 Å². The van der Waals surface area contributed by atoms with E-state index in [0.29, 0.717) is 12.1 Å². The lowest BCUT2D eigenvalue weighted by molar-refractivity contribution is 0.113. The van der Waals surface area contributed by atoms with Gasteiger partial charge in [0.15, 0.2) is 0 Å². The van der Waals surface area contributed by atoms with Gasteiger partial charge in [-0.1, -0.05) is 0 Å². The number of ether oxygens (including phenoxy) is 1. The van der Waals surface area contributed by atoms with Crippen molar-refractivity contribution in [2.45, 2.75) is 32.0 Å². The Balaban J connectivity index is 1.85. The Hall–Kier alpha value is 0.100. The van der Waals surface area contributed by atoms with Gasteiger partial charge in [0.1, 0.15) is 0 Å². The molecule has 0 amide bonds. The van der Waals surface area contributed by atoms with Crippen LogP contribution in [0, 0.1) is 0 Å². The zero-order valence-corrected chi connectivity index (χ0v) is 10.5. The van der Waals surface area contributed by atoms with E-state index in [9.17, 15) is 0 Å². The largest absolute Gasteiger partial charge is 0.377 e. The monoisotopic (exact) mass is 275 g/mol. The summed E-state index contributed by atoms with van der Waals surface area (Å²) in [6.07, 6.45) is 1.48. The maximum atomic E-state index is 5.49. The van der Waals surface area contributed by atoms with E-state index in [1.165, 1.54) is 9.35 Å². The topological polar surface area (TPSA) is 21.3 Å². The highest BCUT2D eigenvalue weighted by Gasteiger charge is 2.23. The van der Waals surface area contributed by atoms with Crippen molar-refractivity contribution >= 4 is 27.3 Å². The summed E-state index contributed by atoms with van der Waals surface area (Å²) in [7, 11) is 0. The van der Waals surface area contributed by atoms with Crippen molar-refractivity contribution in [1.29, 1.82) is 0 Å². The predicted octanol–water partition coefficient (Wildman–Crippen LogP) is 2.78. The molecule has 1 aliphatic rings. The fraction of sp³-hybridized carbons (Fsp3) is 0.600. The molecule has 0 radical (unpaired) electrons. The van der Waals surface area contributed by atoms with E-state index < -0.39 is 0 Å². The Kier molecular flexibility index (Phi) is 3.60. The van der Waals surface area contributed by atoms with Crippen LogP contribution in [0.15, 0.2) is 15.2 Å². The minimum Gasteiger partial charge on any atom is -0.377 e. The van der Waals surface area contributed by atoms with Gasteiger partial charge in [-0.05, 0) is 46.3 Å². The van der Waals surface area contributed by atoms with Gasteiger partial charge in [-0.25, -0.2) is 0 Å². The van der Waals surface area contributed by atoms with Gasteiger partial charge >= 0.3 is 0 Å². The molecule has 2 rings (SSSR count). The maximum Gasteiger partial charge on any atom is 0.0743 e. The number of nitrogens with one attached hydrogen (secondary N) is 1. The van der Waals surface area contributed by atoms with Crippen LogP contribution in [0.3, 0.4) is 0 Å². The number of rotatable bonds is 3. The van der Waals surface area contributed by atoms with Gasteiger partial charge in [-0.2, -0.15) is 0 Å². The molecule has 14 heavy (non-hydrogen) atoms. The van der Waals surface area contributed by atoms with Crippen LogP contribution >= 0.6 is 27.3 Å². The van der Waals surface area contributed by atoms with Crippen LogP contribution in [0.4, 0.5) is 0 Å². The van der Waals surface area contributed by atoms with Crippen molar-refractivity contribution < 1.29 is 4.74 Å². The van der Waals surface area contributed by atoms with Gasteiger partial charge in [-0.15, -0.1) is 11.3 Å². The van der Waals surface area contributed by atoms with Gasteiger partial charge in [0.05, 0.1) is 9.89 Å². The molecule has 1 aromatic rings. The lowest BCUT2D eigenvalue weighted by atomic mass is 10.1. The molecule has 1 fully saturated rings. The molecule has 0 spiro atoms. The van der Waals surface area contributed by atoms with Crippen molar-refractivity contribution in [3.05, 3.63) is 20.8 Å². The molecule has 0 saturated carbocycles. The number of hydrogen-bond acceptors (Lipinski definition) is 3. The zero-order chi connectivity index (χ0) is 9.97. The Morgan fingerprint density at radius 3 is 3.14 bits per heavy atom. The van der Waals surface area contributed by atoms with Gasteiger partial charge < -0.3 is 10.1 Å². The molecule has 4 heteroatoms. The van der Waals surface area contributed by atoms with Crippen molar-refractivity contribution in [3.63, 3.8) is 0 Å². The number of halogens is 1. The molecule has 1 aromatic heterocycles. The molecule has 1 N–H and O–H groups in total. The molecular formula is C10H14BrNOS. The Morgan fingerprint density at radius 2 is 2.57 bits per heavy atom. The van der Waals surface area contributed by atoms with E-state index in [1.807, 2.05) is 0 Å². The Morgan fingerprint density at radius 1 is 1.71 bits per heavy atom. The predicted molar refractivity (Wildman–Crippen MR) is 62.7 cm³/mol. The molecular weight excluding hydrogens is 262 g/mol. The van der Waals surface area contributed by atoms with Gasteiger partial charge in [0.25, 0.3) is 0 Å². The summed E-state index contributed by atoms with van der Waals surface area (Å²) in [5.74, 6) is 0. The summed E-state index contributed by atoms with van der Waals surface area (Å²) in [6, 6.07) is 2.67. The second-order valence-electron chi connectivity index (χ2n) is 3.57. The first-order valence-corrected chi connectivity index (χ1v) is 6.51. The second-order valence-corrected chi connectivity index (χ2v) is 5.81. The fourth-order valence-corrected chi connectivity index (χ4v) is 2.93. The summed E-state index contributed by atoms with van der Waals surface area (Å²) in [4.78, 5) is 0. The van der Waals surface area contributed by atoms with Crippen LogP contribution in [0.2, 0.25) is 0 Å². The summed E-state index contributed by atoms with van der Waals surface area (Å²) >= 11 is 5.27. The molecule has 0 aromatic carbocycles. The van der Waals surface area contributed by atoms with E-state index in [4.69, 9.17) is 4.74 Å². The summed E-state index contributed by atoms with van der Waals surface area (Å²) < 4.78 is 6.73. The molecule has 78 valence electrons. The average molecular weight is 276 g/mol. The highest BCUT2D eigenvalue weighted by atomic mass is 79.9. The van der Waals surface area contributed by atoms with Crippen LogP contribution in [0.5, 0.6) is 0 Å². The number of thiophene rings is 1. The van der Waals surface area contributed by atoms with Crippen LogP contribution in [0.1, 0.15) is 18.9 Å². The molecule has 1 saturated heterocycles. The van der Waals surface area contributed by atoms with Crippen molar-refractivity contribution in [1.82, 2.24) is 5.32 Å². The van der Waals surface area contributed by atoms with E-state index in [0.717, 1.165) is 19.6 Å². The molecule has 2 heterocycles. The first kappa shape index (κ1) is 10.6. The second kappa shape index (κ2) is 4.75. The van der Waals surface area contributed by atoms with Crippen molar-refractivity contribution in [2.75, 3.05) is 6.61 Å². The van der Waals surface area contributed by atoms with Gasteiger partial charge in [-0.3, -0.25) is 0 Å². The molecule has 0 bridgehead atoms. The Bertz CT molecular complexity index is 302. The van der Waals surface area contributed by atoms with Crippen LogP contribution in [0.25, 0.3) is 0 Å². The van der Waals surface area contributed by atoms with Crippen molar-refractivity contribution in [3.8, 4) is 0 Å². The van der Waals surface area contributed by atoms with Gasteiger partial charge in [0, 0.05) is 19.2 Å². The molecule has 2 unspecified atom stereocenters. The standard InChI is InChI=1S/C10H14BrNOS/c1-7-9(2-4-13-7)12-6-8-3-5-14-10(8)11/h3,5,7,9,12H,2,4,6H2,1H3. The summed E-state index contributed by atoms with van der Waals surface area (Å²) in [5, 5.41) is 5.63. The lowest BCUT2D eigenvalue weighted by Gasteiger charge is -2.15. The van der Waals surface area contributed by atoms with Gasteiger partial charge in [0.2, 0.25) is 0 Å². The smallest absolute Gasteiger partial charge is 0.0743 e. The van der Waals surface area contributed by atoms with Crippen LogP contribution < -0.4 is 5.32 Å². The first-order valence-electron chi connectivity index (χ1n) is 4.84. The SMILES string of the molecule is CC1OCCC1NCc1ccsc1Br. The zero-order valence-electron chi connectivity index (χ0n) is 8.13. The highest BCUT2D eigenvalue weighted by molar-refractivity contribution is 9.11. The van der Waals surface area contributed by atoms with E-state index in [1.54, 1.807) is 11.3 Å². The van der Waals surface area contributed by atoms with Crippen molar-refractivity contribution in [2.24, 2.45) is 0 Å². The third kappa shape index (κ3) is 2.37. The maximum absolute atomic E-state index is 5.49.